The van der Waals surface area contributed by atoms with Gasteiger partial charge in [-0.1, -0.05) is 0 Å². The molecule has 0 bridgehead atoms. The van der Waals surface area contributed by atoms with Crippen LogP contribution in [-0.4, -0.2) is 65.0 Å². The third-order valence-corrected chi connectivity index (χ3v) is 4.94. The molecule has 1 aromatic heterocycles. The number of rotatable bonds is 5. The van der Waals surface area contributed by atoms with Crippen LogP contribution in [0.1, 0.15) is 31.1 Å². The Morgan fingerprint density at radius 1 is 1.46 bits per heavy atom. The van der Waals surface area contributed by atoms with Gasteiger partial charge in [0.1, 0.15) is 0 Å². The molecule has 1 fully saturated rings. The van der Waals surface area contributed by atoms with Gasteiger partial charge in [-0.05, 0) is 32.9 Å². The molecule has 2 rings (SSSR count). The van der Waals surface area contributed by atoms with E-state index in [1.54, 1.807) is 24.5 Å². The minimum atomic E-state index is -0.112. The first kappa shape index (κ1) is 18.6. The average Bonchev–Trinajstić information content (AvgIpc) is 2.57. The minimum Gasteiger partial charge on any atom is -0.357 e. The summed E-state index contributed by atoms with van der Waals surface area (Å²) < 4.78 is 0.239. The van der Waals surface area contributed by atoms with E-state index in [4.69, 9.17) is 0 Å². The molecule has 0 aromatic carbocycles. The standard InChI is InChI=1S/C17H27N5OS/c1-4-19-16(22-10-11-24-17(2,3)13-22)21-9-8-20-15(23)14-6-5-7-18-12-14/h5-7,12H,4,8-11,13H2,1-3H3,(H,19,21)(H,20,23). The molecule has 1 aliphatic heterocycles. The molecule has 1 saturated heterocycles. The second-order valence-electron chi connectivity index (χ2n) is 6.26. The summed E-state index contributed by atoms with van der Waals surface area (Å²) in [5.41, 5.74) is 0.572. The van der Waals surface area contributed by atoms with Crippen molar-refractivity contribution >= 4 is 23.6 Å². The number of aromatic nitrogens is 1. The van der Waals surface area contributed by atoms with E-state index in [-0.39, 0.29) is 10.7 Å². The number of guanidine groups is 1. The smallest absolute Gasteiger partial charge is 0.252 e. The van der Waals surface area contributed by atoms with Crippen LogP contribution >= 0.6 is 11.8 Å². The third kappa shape index (κ3) is 5.70. The van der Waals surface area contributed by atoms with Crippen LogP contribution in [0.3, 0.4) is 0 Å². The fraction of sp³-hybridized carbons (Fsp3) is 0.588. The highest BCUT2D eigenvalue weighted by molar-refractivity contribution is 8.00. The van der Waals surface area contributed by atoms with Gasteiger partial charge in [-0.15, -0.1) is 0 Å². The van der Waals surface area contributed by atoms with Gasteiger partial charge < -0.3 is 15.5 Å². The van der Waals surface area contributed by atoms with Crippen LogP contribution in [0.5, 0.6) is 0 Å². The number of carbonyl (C=O) groups excluding carboxylic acids is 1. The fourth-order valence-electron chi connectivity index (χ4n) is 2.55. The van der Waals surface area contributed by atoms with Crippen LogP contribution in [0.15, 0.2) is 29.5 Å². The fourth-order valence-corrected chi connectivity index (χ4v) is 3.66. The van der Waals surface area contributed by atoms with E-state index in [0.717, 1.165) is 31.3 Å². The van der Waals surface area contributed by atoms with Gasteiger partial charge in [0.25, 0.3) is 5.91 Å². The summed E-state index contributed by atoms with van der Waals surface area (Å²) in [5, 5.41) is 6.23. The summed E-state index contributed by atoms with van der Waals surface area (Å²) in [6.07, 6.45) is 3.22. The molecule has 0 spiro atoms. The van der Waals surface area contributed by atoms with E-state index in [2.05, 4.69) is 46.3 Å². The largest absolute Gasteiger partial charge is 0.357 e. The number of aliphatic imine (C=N–C) groups is 1. The van der Waals surface area contributed by atoms with Gasteiger partial charge in [0.15, 0.2) is 5.96 Å². The zero-order valence-corrected chi connectivity index (χ0v) is 15.5. The first-order valence-corrected chi connectivity index (χ1v) is 9.36. The maximum absolute atomic E-state index is 12.0. The van der Waals surface area contributed by atoms with E-state index in [9.17, 15) is 4.79 Å². The van der Waals surface area contributed by atoms with Gasteiger partial charge in [-0.2, -0.15) is 11.8 Å². The third-order valence-electron chi connectivity index (χ3n) is 3.64. The molecule has 0 saturated carbocycles. The van der Waals surface area contributed by atoms with E-state index in [1.165, 1.54) is 0 Å². The van der Waals surface area contributed by atoms with Crippen LogP contribution in [0.4, 0.5) is 0 Å². The minimum absolute atomic E-state index is 0.112. The van der Waals surface area contributed by atoms with Crippen LogP contribution in [-0.2, 0) is 0 Å². The highest BCUT2D eigenvalue weighted by atomic mass is 32.2. The molecule has 24 heavy (non-hydrogen) atoms. The van der Waals surface area contributed by atoms with Gasteiger partial charge in [0.05, 0.1) is 12.1 Å². The molecule has 0 unspecified atom stereocenters. The van der Waals surface area contributed by atoms with E-state index >= 15 is 0 Å². The van der Waals surface area contributed by atoms with Crippen LogP contribution < -0.4 is 10.6 Å². The monoisotopic (exact) mass is 349 g/mol. The maximum Gasteiger partial charge on any atom is 0.252 e. The molecule has 2 N–H and O–H groups in total. The molecule has 6 nitrogen and oxygen atoms in total. The number of pyridine rings is 1. The van der Waals surface area contributed by atoms with E-state index < -0.39 is 0 Å². The summed E-state index contributed by atoms with van der Waals surface area (Å²) in [5.74, 6) is 1.93. The quantitative estimate of drug-likeness (QED) is 0.480. The molecular formula is C17H27N5OS. The molecular weight excluding hydrogens is 322 g/mol. The molecule has 0 radical (unpaired) electrons. The predicted molar refractivity (Wildman–Crippen MR) is 101 cm³/mol. The zero-order valence-electron chi connectivity index (χ0n) is 14.7. The number of hydrogen-bond acceptors (Lipinski definition) is 4. The number of carbonyl (C=O) groups is 1. The Kier molecular flexibility index (Phi) is 6.90. The van der Waals surface area contributed by atoms with Gasteiger partial charge in [0, 0.05) is 49.1 Å². The number of amides is 1. The number of nitrogens with one attached hydrogen (secondary N) is 2. The van der Waals surface area contributed by atoms with Gasteiger partial charge in [-0.25, -0.2) is 0 Å². The second-order valence-corrected chi connectivity index (χ2v) is 8.07. The van der Waals surface area contributed by atoms with E-state index in [1.807, 2.05) is 11.8 Å². The zero-order chi connectivity index (χ0) is 17.4. The Balaban J connectivity index is 1.86. The Morgan fingerprint density at radius 2 is 2.29 bits per heavy atom. The average molecular weight is 350 g/mol. The lowest BCUT2D eigenvalue weighted by molar-refractivity contribution is 0.0954. The van der Waals surface area contributed by atoms with Crippen molar-refractivity contribution in [2.24, 2.45) is 4.99 Å². The lowest BCUT2D eigenvalue weighted by Gasteiger charge is -2.39. The summed E-state index contributed by atoms with van der Waals surface area (Å²) in [4.78, 5) is 22.9. The second kappa shape index (κ2) is 8.92. The summed E-state index contributed by atoms with van der Waals surface area (Å²) >= 11 is 2.00. The van der Waals surface area contributed by atoms with Crippen LogP contribution in [0.2, 0.25) is 0 Å². The Hall–Kier alpha value is -1.76. The van der Waals surface area contributed by atoms with Crippen LogP contribution in [0, 0.1) is 0 Å². The molecule has 132 valence electrons. The van der Waals surface area contributed by atoms with Crippen molar-refractivity contribution in [1.82, 2.24) is 20.5 Å². The number of thioether (sulfide) groups is 1. The number of hydrogen-bond donors (Lipinski definition) is 2. The SMILES string of the molecule is CCNC(=NCCNC(=O)c1cccnc1)N1CCSC(C)(C)C1. The Labute approximate surface area is 148 Å². The number of nitrogens with zero attached hydrogens (tertiary/aromatic N) is 3. The normalized spacial score (nSPS) is 17.5. The summed E-state index contributed by atoms with van der Waals surface area (Å²) in [7, 11) is 0. The lowest BCUT2D eigenvalue weighted by Crippen LogP contribution is -2.51. The van der Waals surface area contributed by atoms with E-state index in [0.29, 0.717) is 18.7 Å². The highest BCUT2D eigenvalue weighted by Gasteiger charge is 2.28. The van der Waals surface area contributed by atoms with Crippen molar-refractivity contribution in [1.29, 1.82) is 0 Å². The van der Waals surface area contributed by atoms with Crippen molar-refractivity contribution in [3.63, 3.8) is 0 Å². The Bertz CT molecular complexity index is 561. The molecule has 1 aromatic rings. The van der Waals surface area contributed by atoms with Gasteiger partial charge in [-0.3, -0.25) is 14.8 Å². The predicted octanol–water partition coefficient (Wildman–Crippen LogP) is 1.60. The first-order chi connectivity index (χ1) is 11.5. The van der Waals surface area contributed by atoms with Gasteiger partial charge in [0.2, 0.25) is 0 Å². The Morgan fingerprint density at radius 3 is 2.96 bits per heavy atom. The molecule has 1 amide bonds. The topological polar surface area (TPSA) is 69.6 Å². The van der Waals surface area contributed by atoms with Crippen molar-refractivity contribution < 1.29 is 4.79 Å². The van der Waals surface area contributed by atoms with Gasteiger partial charge >= 0.3 is 0 Å². The first-order valence-electron chi connectivity index (χ1n) is 8.37. The molecule has 2 heterocycles. The molecule has 1 aliphatic rings. The van der Waals surface area contributed by atoms with Crippen molar-refractivity contribution in [2.75, 3.05) is 38.5 Å². The van der Waals surface area contributed by atoms with Crippen molar-refractivity contribution in [2.45, 2.75) is 25.5 Å². The summed E-state index contributed by atoms with van der Waals surface area (Å²) in [6, 6.07) is 3.51. The summed E-state index contributed by atoms with van der Waals surface area (Å²) in [6.45, 7) is 10.5. The van der Waals surface area contributed by atoms with Crippen molar-refractivity contribution in [3.8, 4) is 0 Å². The maximum atomic E-state index is 12.0. The molecule has 0 aliphatic carbocycles. The van der Waals surface area contributed by atoms with Crippen molar-refractivity contribution in [3.05, 3.63) is 30.1 Å². The van der Waals surface area contributed by atoms with Crippen LogP contribution in [0.25, 0.3) is 0 Å². The molecule has 7 heteroatoms. The highest BCUT2D eigenvalue weighted by Crippen LogP contribution is 2.29. The molecule has 0 atom stereocenters. The lowest BCUT2D eigenvalue weighted by atomic mass is 10.2.